The van der Waals surface area contributed by atoms with E-state index >= 15 is 0 Å². The number of aromatic nitrogens is 3. The summed E-state index contributed by atoms with van der Waals surface area (Å²) in [6.45, 7) is 3.57. The van der Waals surface area contributed by atoms with E-state index in [0.717, 1.165) is 31.1 Å². The summed E-state index contributed by atoms with van der Waals surface area (Å²) in [7, 11) is 0. The molecule has 0 amide bonds. The van der Waals surface area contributed by atoms with E-state index in [9.17, 15) is 4.39 Å². The lowest BCUT2D eigenvalue weighted by Crippen LogP contribution is -2.31. The fraction of sp³-hybridized carbons (Fsp3) is 0.300. The summed E-state index contributed by atoms with van der Waals surface area (Å²) in [4.78, 5) is 10.6. The van der Waals surface area contributed by atoms with Crippen LogP contribution in [0.15, 0.2) is 61.3 Å². The van der Waals surface area contributed by atoms with Crippen LogP contribution in [0.4, 0.5) is 4.39 Å². The Kier molecular flexibility index (Phi) is 4.93. The highest BCUT2D eigenvalue weighted by Crippen LogP contribution is 2.20. The first-order valence-corrected chi connectivity index (χ1v) is 8.75. The van der Waals surface area contributed by atoms with Gasteiger partial charge < -0.3 is 9.30 Å². The Morgan fingerprint density at radius 1 is 1.08 bits per heavy atom. The minimum Gasteiger partial charge on any atom is -0.492 e. The summed E-state index contributed by atoms with van der Waals surface area (Å²) in [6, 6.07) is 10.7. The molecule has 1 atom stereocenters. The van der Waals surface area contributed by atoms with Crippen molar-refractivity contribution in [2.45, 2.75) is 19.6 Å². The van der Waals surface area contributed by atoms with Gasteiger partial charge in [-0.1, -0.05) is 18.2 Å². The highest BCUT2D eigenvalue weighted by atomic mass is 19.1. The standard InChI is InChI=1S/C20H21FN4O/c21-20-6-2-1-4-17(20)12-24-10-16(11-25-15-23-8-18(25)13-24)14-26-19-5-3-7-22-9-19/h1-9,15-16H,10-14H2/t16-/m0/s1. The van der Waals surface area contributed by atoms with Gasteiger partial charge in [0.1, 0.15) is 11.6 Å². The predicted molar refractivity (Wildman–Crippen MR) is 96.0 cm³/mol. The van der Waals surface area contributed by atoms with Gasteiger partial charge in [0.15, 0.2) is 0 Å². The number of halogens is 1. The molecule has 0 radical (unpaired) electrons. The van der Waals surface area contributed by atoms with Crippen molar-refractivity contribution in [3.8, 4) is 5.75 Å². The number of benzene rings is 1. The maximum atomic E-state index is 14.1. The molecule has 0 N–H and O–H groups in total. The third-order valence-electron chi connectivity index (χ3n) is 4.63. The van der Waals surface area contributed by atoms with Crippen LogP contribution in [0.5, 0.6) is 5.75 Å². The molecule has 1 aliphatic heterocycles. The van der Waals surface area contributed by atoms with Gasteiger partial charge in [0, 0.05) is 50.1 Å². The topological polar surface area (TPSA) is 43.2 Å². The monoisotopic (exact) mass is 352 g/mol. The minimum absolute atomic E-state index is 0.159. The van der Waals surface area contributed by atoms with Crippen LogP contribution in [0.1, 0.15) is 11.3 Å². The molecule has 0 saturated heterocycles. The first-order chi connectivity index (χ1) is 12.8. The summed E-state index contributed by atoms with van der Waals surface area (Å²) in [5.41, 5.74) is 1.86. The Morgan fingerprint density at radius 2 is 2.00 bits per heavy atom. The Labute approximate surface area is 152 Å². The Hall–Kier alpha value is -2.73. The maximum absolute atomic E-state index is 14.1. The molecule has 3 heterocycles. The first-order valence-electron chi connectivity index (χ1n) is 8.75. The average Bonchev–Trinajstić information content (AvgIpc) is 3.02. The van der Waals surface area contributed by atoms with E-state index in [-0.39, 0.29) is 11.7 Å². The Morgan fingerprint density at radius 3 is 2.85 bits per heavy atom. The molecule has 6 heteroatoms. The van der Waals surface area contributed by atoms with Gasteiger partial charge in [0.25, 0.3) is 0 Å². The van der Waals surface area contributed by atoms with E-state index in [1.165, 1.54) is 6.07 Å². The Bertz CT molecular complexity index is 852. The molecular weight excluding hydrogens is 331 g/mol. The molecule has 5 nitrogen and oxygen atoms in total. The second-order valence-corrected chi connectivity index (χ2v) is 6.66. The van der Waals surface area contributed by atoms with E-state index in [4.69, 9.17) is 4.74 Å². The van der Waals surface area contributed by atoms with Crippen LogP contribution in [0.25, 0.3) is 0 Å². The number of fused-ring (bicyclic) bond motifs is 1. The molecule has 2 aromatic heterocycles. The minimum atomic E-state index is -0.159. The smallest absolute Gasteiger partial charge is 0.137 e. The molecule has 4 rings (SSSR count). The van der Waals surface area contributed by atoms with Crippen LogP contribution in [0.3, 0.4) is 0 Å². The average molecular weight is 352 g/mol. The lowest BCUT2D eigenvalue weighted by Gasteiger charge is -2.24. The zero-order valence-electron chi connectivity index (χ0n) is 14.5. The highest BCUT2D eigenvalue weighted by molar-refractivity contribution is 5.18. The van der Waals surface area contributed by atoms with Gasteiger partial charge >= 0.3 is 0 Å². The fourth-order valence-corrected chi connectivity index (χ4v) is 3.38. The van der Waals surface area contributed by atoms with Crippen molar-refractivity contribution in [2.24, 2.45) is 5.92 Å². The molecule has 1 aromatic carbocycles. The second-order valence-electron chi connectivity index (χ2n) is 6.66. The van der Waals surface area contributed by atoms with Gasteiger partial charge in [0.05, 0.1) is 24.8 Å². The van der Waals surface area contributed by atoms with Crippen LogP contribution >= 0.6 is 0 Å². The van der Waals surface area contributed by atoms with Crippen LogP contribution in [-0.4, -0.2) is 32.6 Å². The molecule has 0 fully saturated rings. The Balaban J connectivity index is 1.49. The van der Waals surface area contributed by atoms with Gasteiger partial charge in [-0.25, -0.2) is 9.37 Å². The zero-order chi connectivity index (χ0) is 17.8. The van der Waals surface area contributed by atoms with Gasteiger partial charge in [-0.15, -0.1) is 0 Å². The van der Waals surface area contributed by atoms with Gasteiger partial charge in [-0.05, 0) is 18.2 Å². The second kappa shape index (κ2) is 7.66. The largest absolute Gasteiger partial charge is 0.492 e. The van der Waals surface area contributed by atoms with Crippen molar-refractivity contribution in [3.63, 3.8) is 0 Å². The normalized spacial score (nSPS) is 17.5. The summed E-state index contributed by atoms with van der Waals surface area (Å²) >= 11 is 0. The van der Waals surface area contributed by atoms with Crippen LogP contribution in [0, 0.1) is 11.7 Å². The first kappa shape index (κ1) is 16.7. The van der Waals surface area contributed by atoms with E-state index in [0.29, 0.717) is 18.7 Å². The number of nitrogens with zero attached hydrogens (tertiary/aromatic N) is 4. The fourth-order valence-electron chi connectivity index (χ4n) is 3.38. The third kappa shape index (κ3) is 3.91. The molecule has 0 saturated carbocycles. The number of hydrogen-bond donors (Lipinski definition) is 0. The van der Waals surface area contributed by atoms with E-state index < -0.39 is 0 Å². The zero-order valence-corrected chi connectivity index (χ0v) is 14.5. The van der Waals surface area contributed by atoms with Crippen molar-refractivity contribution in [2.75, 3.05) is 13.2 Å². The number of hydrogen-bond acceptors (Lipinski definition) is 4. The number of imidazole rings is 1. The molecule has 134 valence electrons. The molecule has 0 aliphatic carbocycles. The van der Waals surface area contributed by atoms with Crippen molar-refractivity contribution in [1.29, 1.82) is 0 Å². The maximum Gasteiger partial charge on any atom is 0.137 e. The predicted octanol–water partition coefficient (Wildman–Crippen LogP) is 3.13. The molecule has 3 aromatic rings. The molecule has 0 spiro atoms. The third-order valence-corrected chi connectivity index (χ3v) is 4.63. The summed E-state index contributed by atoms with van der Waals surface area (Å²) in [6.07, 6.45) is 7.20. The number of ether oxygens (including phenoxy) is 1. The van der Waals surface area contributed by atoms with Crippen LogP contribution < -0.4 is 4.74 Å². The summed E-state index contributed by atoms with van der Waals surface area (Å²) in [5.74, 6) is 0.883. The molecule has 26 heavy (non-hydrogen) atoms. The van der Waals surface area contributed by atoms with Gasteiger partial charge in [-0.2, -0.15) is 0 Å². The summed E-state index contributed by atoms with van der Waals surface area (Å²) in [5, 5.41) is 0. The molecule has 0 unspecified atom stereocenters. The van der Waals surface area contributed by atoms with E-state index in [1.54, 1.807) is 18.5 Å². The van der Waals surface area contributed by atoms with Crippen LogP contribution in [-0.2, 0) is 19.6 Å². The summed E-state index contributed by atoms with van der Waals surface area (Å²) < 4.78 is 22.2. The van der Waals surface area contributed by atoms with E-state index in [1.807, 2.05) is 36.8 Å². The van der Waals surface area contributed by atoms with Crippen molar-refractivity contribution in [1.82, 2.24) is 19.4 Å². The molecule has 1 aliphatic rings. The highest BCUT2D eigenvalue weighted by Gasteiger charge is 2.23. The van der Waals surface area contributed by atoms with Gasteiger partial charge in [-0.3, -0.25) is 9.88 Å². The number of pyridine rings is 1. The number of rotatable bonds is 5. The lowest BCUT2D eigenvalue weighted by atomic mass is 10.1. The van der Waals surface area contributed by atoms with Crippen molar-refractivity contribution in [3.05, 3.63) is 78.4 Å². The molecule has 0 bridgehead atoms. The van der Waals surface area contributed by atoms with Gasteiger partial charge in [0.2, 0.25) is 0 Å². The SMILES string of the molecule is Fc1ccccc1CN1Cc2cncn2C[C@@H](COc2cccnc2)C1. The van der Waals surface area contributed by atoms with Crippen molar-refractivity contribution < 1.29 is 9.13 Å². The molecular formula is C20H21FN4O. The van der Waals surface area contributed by atoms with Crippen molar-refractivity contribution >= 4 is 0 Å². The lowest BCUT2D eigenvalue weighted by molar-refractivity contribution is 0.166. The van der Waals surface area contributed by atoms with E-state index in [2.05, 4.69) is 19.4 Å². The van der Waals surface area contributed by atoms with Crippen LogP contribution in [0.2, 0.25) is 0 Å². The quantitative estimate of drug-likeness (QED) is 0.708.